The molecule has 2 aromatic rings. The van der Waals surface area contributed by atoms with E-state index in [0.29, 0.717) is 6.54 Å². The largest absolute Gasteiger partial charge is 0.371 e. The van der Waals surface area contributed by atoms with Crippen LogP contribution >= 0.6 is 0 Å². The second-order valence-electron chi connectivity index (χ2n) is 4.43. The van der Waals surface area contributed by atoms with Gasteiger partial charge in [0.05, 0.1) is 11.2 Å². The predicted molar refractivity (Wildman–Crippen MR) is 77.8 cm³/mol. The van der Waals surface area contributed by atoms with Gasteiger partial charge in [-0.05, 0) is 25.5 Å². The lowest BCUT2D eigenvalue weighted by Crippen LogP contribution is -2.24. The van der Waals surface area contributed by atoms with Gasteiger partial charge in [-0.15, -0.1) is 0 Å². The van der Waals surface area contributed by atoms with E-state index >= 15 is 0 Å². The Labute approximate surface area is 109 Å². The zero-order valence-corrected chi connectivity index (χ0v) is 11.2. The molecule has 0 aliphatic heterocycles. The Hall–Kier alpha value is -1.61. The molecule has 0 radical (unpaired) electrons. The third-order valence-corrected chi connectivity index (χ3v) is 3.17. The average molecular weight is 243 g/mol. The maximum Gasteiger partial charge on any atom is 0.0726 e. The monoisotopic (exact) mass is 243 g/mol. The number of fused-ring (bicyclic) bond motifs is 1. The highest BCUT2D eigenvalue weighted by atomic mass is 15.1. The molecule has 2 rings (SSSR count). The molecule has 0 unspecified atom stereocenters. The Bertz CT molecular complexity index is 522. The van der Waals surface area contributed by atoms with Crippen LogP contribution in [0.4, 0.5) is 5.69 Å². The van der Waals surface area contributed by atoms with E-state index < -0.39 is 0 Å². The minimum atomic E-state index is 0.488. The summed E-state index contributed by atoms with van der Waals surface area (Å²) in [6, 6.07) is 10.4. The Morgan fingerprint density at radius 1 is 1.22 bits per heavy atom. The zero-order chi connectivity index (χ0) is 13.0. The molecule has 0 fully saturated rings. The van der Waals surface area contributed by atoms with E-state index in [1.807, 2.05) is 6.07 Å². The summed E-state index contributed by atoms with van der Waals surface area (Å²) in [6.45, 7) is 6.95. The van der Waals surface area contributed by atoms with Crippen LogP contribution in [0.3, 0.4) is 0 Å². The fourth-order valence-corrected chi connectivity index (χ4v) is 2.30. The molecule has 18 heavy (non-hydrogen) atoms. The smallest absolute Gasteiger partial charge is 0.0726 e. The van der Waals surface area contributed by atoms with E-state index in [4.69, 9.17) is 5.73 Å². The van der Waals surface area contributed by atoms with E-state index in [1.54, 1.807) is 0 Å². The normalized spacial score (nSPS) is 10.8. The van der Waals surface area contributed by atoms with Gasteiger partial charge in [0.15, 0.2) is 0 Å². The Kier molecular flexibility index (Phi) is 4.15. The van der Waals surface area contributed by atoms with Crippen molar-refractivity contribution in [3.05, 3.63) is 36.0 Å². The van der Waals surface area contributed by atoms with Crippen molar-refractivity contribution in [2.24, 2.45) is 5.73 Å². The first-order valence-electron chi connectivity index (χ1n) is 6.63. The number of rotatable bonds is 5. The van der Waals surface area contributed by atoms with Gasteiger partial charge >= 0.3 is 0 Å². The van der Waals surface area contributed by atoms with Crippen molar-refractivity contribution in [2.45, 2.75) is 26.8 Å². The zero-order valence-electron chi connectivity index (χ0n) is 11.2. The second kappa shape index (κ2) is 5.83. The molecule has 2 N–H and O–H groups in total. The lowest BCUT2D eigenvalue weighted by Gasteiger charge is -2.24. The fraction of sp³-hybridized carbons (Fsp3) is 0.400. The van der Waals surface area contributed by atoms with Gasteiger partial charge in [0.25, 0.3) is 0 Å². The summed E-state index contributed by atoms with van der Waals surface area (Å²) in [5.41, 5.74) is 8.99. The number of hydrogen-bond donors (Lipinski definition) is 1. The van der Waals surface area contributed by atoms with Crippen molar-refractivity contribution < 1.29 is 0 Å². The van der Waals surface area contributed by atoms with E-state index in [2.05, 4.69) is 48.0 Å². The highest BCUT2D eigenvalue weighted by Gasteiger charge is 2.10. The Morgan fingerprint density at radius 3 is 2.67 bits per heavy atom. The highest BCUT2D eigenvalue weighted by molar-refractivity contribution is 5.91. The molecule has 0 aliphatic rings. The number of aromatic nitrogens is 1. The van der Waals surface area contributed by atoms with Crippen LogP contribution < -0.4 is 10.6 Å². The number of benzene rings is 1. The molecule has 1 heterocycles. The number of para-hydroxylation sites is 1. The van der Waals surface area contributed by atoms with Crippen LogP contribution in [0.15, 0.2) is 30.3 Å². The van der Waals surface area contributed by atoms with Crippen molar-refractivity contribution in [3.8, 4) is 0 Å². The topological polar surface area (TPSA) is 42.1 Å². The summed E-state index contributed by atoms with van der Waals surface area (Å²) in [7, 11) is 0. The van der Waals surface area contributed by atoms with Gasteiger partial charge in [0.1, 0.15) is 0 Å². The first kappa shape index (κ1) is 12.8. The SMILES string of the molecule is CCCN(CC)c1cc(CN)nc2ccccc12. The molecule has 96 valence electrons. The van der Waals surface area contributed by atoms with Gasteiger partial charge in [0, 0.05) is 30.7 Å². The van der Waals surface area contributed by atoms with Crippen molar-refractivity contribution in [1.29, 1.82) is 0 Å². The van der Waals surface area contributed by atoms with Crippen LogP contribution in [-0.2, 0) is 6.54 Å². The second-order valence-corrected chi connectivity index (χ2v) is 4.43. The molecule has 0 spiro atoms. The minimum Gasteiger partial charge on any atom is -0.371 e. The van der Waals surface area contributed by atoms with Gasteiger partial charge in [-0.1, -0.05) is 25.1 Å². The van der Waals surface area contributed by atoms with Crippen LogP contribution in [0.25, 0.3) is 10.9 Å². The Balaban J connectivity index is 2.58. The molecule has 3 heteroatoms. The van der Waals surface area contributed by atoms with E-state index in [-0.39, 0.29) is 0 Å². The molecule has 1 aromatic carbocycles. The van der Waals surface area contributed by atoms with Gasteiger partial charge in [-0.25, -0.2) is 0 Å². The van der Waals surface area contributed by atoms with Crippen molar-refractivity contribution in [2.75, 3.05) is 18.0 Å². The van der Waals surface area contributed by atoms with Gasteiger partial charge in [-0.3, -0.25) is 4.98 Å². The lowest BCUT2D eigenvalue weighted by molar-refractivity contribution is 0.792. The maximum atomic E-state index is 5.74. The quantitative estimate of drug-likeness (QED) is 0.878. The number of nitrogens with zero attached hydrogens (tertiary/aromatic N) is 2. The fourth-order valence-electron chi connectivity index (χ4n) is 2.30. The lowest BCUT2D eigenvalue weighted by atomic mass is 10.1. The molecule has 0 saturated heterocycles. The van der Waals surface area contributed by atoms with Crippen molar-refractivity contribution in [1.82, 2.24) is 4.98 Å². The molecule has 1 aromatic heterocycles. The molecular weight excluding hydrogens is 222 g/mol. The average Bonchev–Trinajstić information content (AvgIpc) is 2.43. The first-order valence-corrected chi connectivity index (χ1v) is 6.63. The summed E-state index contributed by atoms with van der Waals surface area (Å²) in [6.07, 6.45) is 1.14. The van der Waals surface area contributed by atoms with Crippen LogP contribution in [-0.4, -0.2) is 18.1 Å². The molecule has 0 aliphatic carbocycles. The van der Waals surface area contributed by atoms with E-state index in [1.165, 1.54) is 11.1 Å². The molecular formula is C15H21N3. The van der Waals surface area contributed by atoms with Crippen LogP contribution in [0.5, 0.6) is 0 Å². The van der Waals surface area contributed by atoms with Crippen molar-refractivity contribution in [3.63, 3.8) is 0 Å². The van der Waals surface area contributed by atoms with E-state index in [9.17, 15) is 0 Å². The van der Waals surface area contributed by atoms with E-state index in [0.717, 1.165) is 30.7 Å². The summed E-state index contributed by atoms with van der Waals surface area (Å²) < 4.78 is 0. The molecule has 0 saturated carbocycles. The van der Waals surface area contributed by atoms with Crippen LogP contribution in [0, 0.1) is 0 Å². The predicted octanol–water partition coefficient (Wildman–Crippen LogP) is 2.93. The molecule has 0 bridgehead atoms. The molecule has 0 atom stereocenters. The number of pyridine rings is 1. The first-order chi connectivity index (χ1) is 8.80. The van der Waals surface area contributed by atoms with Crippen molar-refractivity contribution >= 4 is 16.6 Å². The summed E-state index contributed by atoms with van der Waals surface area (Å²) in [4.78, 5) is 6.97. The van der Waals surface area contributed by atoms with Gasteiger partial charge < -0.3 is 10.6 Å². The van der Waals surface area contributed by atoms with Gasteiger partial charge in [0.2, 0.25) is 0 Å². The third kappa shape index (κ3) is 2.46. The summed E-state index contributed by atoms with van der Waals surface area (Å²) >= 11 is 0. The summed E-state index contributed by atoms with van der Waals surface area (Å²) in [5.74, 6) is 0. The third-order valence-electron chi connectivity index (χ3n) is 3.17. The maximum absolute atomic E-state index is 5.74. The summed E-state index contributed by atoms with van der Waals surface area (Å²) in [5, 5.41) is 1.21. The number of anilines is 1. The van der Waals surface area contributed by atoms with Crippen LogP contribution in [0.1, 0.15) is 26.0 Å². The number of nitrogens with two attached hydrogens (primary N) is 1. The highest BCUT2D eigenvalue weighted by Crippen LogP contribution is 2.26. The van der Waals surface area contributed by atoms with Crippen LogP contribution in [0.2, 0.25) is 0 Å². The molecule has 0 amide bonds. The minimum absolute atomic E-state index is 0.488. The van der Waals surface area contributed by atoms with Gasteiger partial charge in [-0.2, -0.15) is 0 Å². The standard InChI is InChI=1S/C15H21N3/c1-3-9-18(4-2)15-10-12(11-16)17-14-8-6-5-7-13(14)15/h5-8,10H,3-4,9,11,16H2,1-2H3. The Morgan fingerprint density at radius 2 is 2.00 bits per heavy atom. The number of hydrogen-bond acceptors (Lipinski definition) is 3. The molecule has 3 nitrogen and oxygen atoms in total.